The normalized spacial score (nSPS) is 37.7. The molecule has 24 heteroatoms. The minimum Gasteiger partial charge on any atom is -0.387 e. The monoisotopic (exact) mass is 675 g/mol. The second-order valence-corrected chi connectivity index (χ2v) is 13.1. The number of nitrogens with two attached hydrogens (primary N) is 1. The molecule has 0 spiro atoms. The Morgan fingerprint density at radius 1 is 0.933 bits per heavy atom. The first-order chi connectivity index (χ1) is 21.3. The van der Waals surface area contributed by atoms with Gasteiger partial charge in [0.2, 0.25) is 0 Å². The highest BCUT2D eigenvalue weighted by molar-refractivity contribution is 7.47. The summed E-state index contributed by atoms with van der Waals surface area (Å²) >= 11 is 0. The molecule has 3 aliphatic heterocycles. The van der Waals surface area contributed by atoms with Crippen molar-refractivity contribution in [2.24, 2.45) is 0 Å². The first kappa shape index (κ1) is 30.4. The molecule has 2 unspecified atom stereocenters. The molecule has 2 bridgehead atoms. The molecule has 0 radical (unpaired) electrons. The van der Waals surface area contributed by atoms with E-state index in [9.17, 15) is 28.8 Å². The summed E-state index contributed by atoms with van der Waals surface area (Å²) in [6.45, 7) is -0.229. The minimum absolute atomic E-state index is 0.000305. The highest BCUT2D eigenvalue weighted by Crippen LogP contribution is 2.54. The number of nitrogen functional groups attached to an aromatic ring is 1. The van der Waals surface area contributed by atoms with Gasteiger partial charge in [0, 0.05) is 0 Å². The van der Waals surface area contributed by atoms with Crippen molar-refractivity contribution >= 4 is 43.8 Å². The predicted octanol–water partition coefficient (Wildman–Crippen LogP) is -0.638. The summed E-state index contributed by atoms with van der Waals surface area (Å²) in [5, 5.41) is 11.0. The molecule has 0 saturated carbocycles. The van der Waals surface area contributed by atoms with Gasteiger partial charge in [0.15, 0.2) is 41.3 Å². The fraction of sp³-hybridized carbons (Fsp3) is 0.524. The van der Waals surface area contributed by atoms with Crippen molar-refractivity contribution in [2.75, 3.05) is 18.9 Å². The summed E-state index contributed by atoms with van der Waals surface area (Å²) in [7, 11) is -10.3. The third-order valence-corrected chi connectivity index (χ3v) is 9.35. The number of fused-ring (bicyclic) bond motifs is 5. The maximum absolute atomic E-state index is 15.9. The van der Waals surface area contributed by atoms with Crippen LogP contribution in [0, 0.1) is 6.92 Å². The van der Waals surface area contributed by atoms with Crippen LogP contribution in [0.5, 0.6) is 0 Å². The fourth-order valence-electron chi connectivity index (χ4n) is 5.35. The third kappa shape index (κ3) is 5.36. The molecule has 0 amide bonds. The Morgan fingerprint density at radius 2 is 1.56 bits per heavy atom. The Morgan fingerprint density at radius 3 is 2.29 bits per heavy atom. The average molecular weight is 675 g/mol. The molecule has 6 N–H and O–H groups in total. The van der Waals surface area contributed by atoms with Gasteiger partial charge < -0.3 is 35.1 Å². The average Bonchev–Trinajstić information content (AvgIpc) is 3.72. The van der Waals surface area contributed by atoms with E-state index in [0.717, 1.165) is 23.5 Å². The van der Waals surface area contributed by atoms with E-state index < -0.39 is 83.6 Å². The molecule has 4 aromatic rings. The number of H-pyrrole nitrogens is 1. The molecular formula is C21H24FN9O12P2. The van der Waals surface area contributed by atoms with E-state index in [2.05, 4.69) is 29.9 Å². The number of ether oxygens (including phenoxy) is 2. The lowest BCUT2D eigenvalue weighted by atomic mass is 10.1. The van der Waals surface area contributed by atoms with Gasteiger partial charge in [-0.3, -0.25) is 32.0 Å². The number of aromatic nitrogens is 8. The SMILES string of the molecule is Cc1nc2c(ncn2[C@@H]2O[C@@H]3COP(=O)(O)O[C@H]4[C@@H](F)[C@H](n5cnc6c(N)ncnc65)O[C@@H]4COP(=O)(O)O[C@@H]2[C@@H]3O)c(=O)[nH]1. The highest BCUT2D eigenvalue weighted by Gasteiger charge is 2.54. The van der Waals surface area contributed by atoms with E-state index in [4.69, 9.17) is 33.3 Å². The number of halogens is 1. The van der Waals surface area contributed by atoms with Gasteiger partial charge in [0.25, 0.3) is 5.56 Å². The highest BCUT2D eigenvalue weighted by atomic mass is 31.2. The van der Waals surface area contributed by atoms with Crippen LogP contribution in [0.2, 0.25) is 0 Å². The molecular weight excluding hydrogens is 651 g/mol. The van der Waals surface area contributed by atoms with Crippen LogP contribution in [0.1, 0.15) is 18.3 Å². The number of phosphoric ester groups is 2. The lowest BCUT2D eigenvalue weighted by Crippen LogP contribution is -2.35. The van der Waals surface area contributed by atoms with Crippen molar-refractivity contribution < 1.29 is 56.0 Å². The zero-order valence-electron chi connectivity index (χ0n) is 22.8. The van der Waals surface area contributed by atoms with Crippen molar-refractivity contribution in [2.45, 2.75) is 56.1 Å². The van der Waals surface area contributed by atoms with E-state index in [1.807, 2.05) is 0 Å². The minimum atomic E-state index is -5.13. The van der Waals surface area contributed by atoms with Crippen LogP contribution in [0.25, 0.3) is 22.3 Å². The van der Waals surface area contributed by atoms with Gasteiger partial charge in [-0.2, -0.15) is 0 Å². The van der Waals surface area contributed by atoms with Crippen LogP contribution in [0.4, 0.5) is 10.2 Å². The van der Waals surface area contributed by atoms with Crippen LogP contribution >= 0.6 is 15.6 Å². The Bertz CT molecular complexity index is 1940. The topological polar surface area (TPSA) is 283 Å². The molecule has 7 heterocycles. The predicted molar refractivity (Wildman–Crippen MR) is 143 cm³/mol. The summed E-state index contributed by atoms with van der Waals surface area (Å²) in [5.74, 6) is 0.205. The lowest BCUT2D eigenvalue weighted by Gasteiger charge is -2.25. The molecule has 0 aliphatic carbocycles. The van der Waals surface area contributed by atoms with Gasteiger partial charge in [0.05, 0.1) is 25.9 Å². The van der Waals surface area contributed by atoms with Crippen molar-refractivity contribution in [1.29, 1.82) is 0 Å². The van der Waals surface area contributed by atoms with Gasteiger partial charge in [-0.05, 0) is 6.92 Å². The van der Waals surface area contributed by atoms with Crippen molar-refractivity contribution in [3.05, 3.63) is 35.2 Å². The number of aryl methyl sites for hydroxylation is 1. The van der Waals surface area contributed by atoms with Gasteiger partial charge in [-0.1, -0.05) is 0 Å². The number of aliphatic hydroxyl groups excluding tert-OH is 1. The number of alkyl halides is 1. The Balaban J connectivity index is 1.21. The van der Waals surface area contributed by atoms with E-state index >= 15 is 4.39 Å². The first-order valence-corrected chi connectivity index (χ1v) is 16.1. The Labute approximate surface area is 249 Å². The second-order valence-electron chi connectivity index (χ2n) is 10.3. The number of anilines is 1. The van der Waals surface area contributed by atoms with Crippen LogP contribution < -0.4 is 11.3 Å². The van der Waals surface area contributed by atoms with Crippen LogP contribution in [-0.2, 0) is 36.7 Å². The Hall–Kier alpha value is -3.27. The number of aliphatic hydroxyl groups is 1. The van der Waals surface area contributed by atoms with Gasteiger partial charge in [-0.15, -0.1) is 0 Å². The van der Waals surface area contributed by atoms with Crippen molar-refractivity contribution in [1.82, 2.24) is 39.0 Å². The van der Waals surface area contributed by atoms with Crippen LogP contribution in [-0.4, -0.2) is 104 Å². The number of nitrogens with one attached hydrogen (secondary N) is 1. The summed E-state index contributed by atoms with van der Waals surface area (Å²) in [4.78, 5) is 56.1. The molecule has 10 atom stereocenters. The number of hydrogen-bond acceptors (Lipinski definition) is 16. The van der Waals surface area contributed by atoms with E-state index in [0.29, 0.717) is 0 Å². The lowest BCUT2D eigenvalue weighted by molar-refractivity contribution is -0.0671. The summed E-state index contributed by atoms with van der Waals surface area (Å²) in [5.41, 5.74) is 5.29. The molecule has 7 rings (SSSR count). The zero-order valence-corrected chi connectivity index (χ0v) is 24.6. The van der Waals surface area contributed by atoms with Gasteiger partial charge >= 0.3 is 15.6 Å². The number of aromatic amines is 1. The largest absolute Gasteiger partial charge is 0.472 e. The molecule has 4 aromatic heterocycles. The number of phosphoric acid groups is 2. The molecule has 45 heavy (non-hydrogen) atoms. The summed E-state index contributed by atoms with van der Waals surface area (Å²) in [6.07, 6.45) is -10.2. The first-order valence-electron chi connectivity index (χ1n) is 13.1. The Kier molecular flexibility index (Phi) is 7.37. The molecule has 3 saturated heterocycles. The summed E-state index contributed by atoms with van der Waals surface area (Å²) in [6, 6.07) is 0. The van der Waals surface area contributed by atoms with Gasteiger partial charge in [0.1, 0.15) is 48.2 Å². The standard InChI is InChI=1S/C21H24FN9O12P2/c1-7-28-18-12(19(33)29-7)27-6-31(18)21-15-13(32)8(40-21)2-38-44(34,35)42-14-9(3-39-45(36,37)43-15)41-20(10(14)22)30-5-26-11-16(23)24-4-25-17(11)30/h4-6,8-10,13-15,20-21,32H,2-3H2,1H3,(H,34,35)(H,36,37)(H2,23,24,25)(H,28,29,33)/t8-,9-,10-,13-,14-,15-,20-,21-/m1/s1. The zero-order chi connectivity index (χ0) is 31.8. The molecule has 0 aromatic carbocycles. The molecule has 3 aliphatic rings. The maximum atomic E-state index is 15.9. The molecule has 3 fully saturated rings. The third-order valence-electron chi connectivity index (χ3n) is 7.38. The number of hydrogen-bond donors (Lipinski definition) is 5. The van der Waals surface area contributed by atoms with Gasteiger partial charge in [-0.25, -0.2) is 38.4 Å². The summed E-state index contributed by atoms with van der Waals surface area (Å²) < 4.78 is 76.5. The van der Waals surface area contributed by atoms with Crippen molar-refractivity contribution in [3.8, 4) is 0 Å². The quantitative estimate of drug-likeness (QED) is 0.165. The maximum Gasteiger partial charge on any atom is 0.472 e. The van der Waals surface area contributed by atoms with E-state index in [1.165, 1.54) is 11.5 Å². The van der Waals surface area contributed by atoms with Crippen molar-refractivity contribution in [3.63, 3.8) is 0 Å². The number of rotatable bonds is 2. The van der Waals surface area contributed by atoms with E-state index in [1.54, 1.807) is 0 Å². The van der Waals surface area contributed by atoms with Crippen LogP contribution in [0.3, 0.4) is 0 Å². The smallest absolute Gasteiger partial charge is 0.387 e. The fourth-order valence-corrected chi connectivity index (χ4v) is 7.24. The second kappa shape index (κ2) is 10.9. The number of nitrogens with zero attached hydrogens (tertiary/aromatic N) is 7. The molecule has 21 nitrogen and oxygen atoms in total. The van der Waals surface area contributed by atoms with Crippen LogP contribution in [0.15, 0.2) is 23.8 Å². The molecule has 242 valence electrons. The number of imidazole rings is 2. The van der Waals surface area contributed by atoms with E-state index in [-0.39, 0.29) is 34.0 Å².